The van der Waals surface area contributed by atoms with Gasteiger partial charge in [0.1, 0.15) is 41.0 Å². The number of carboxylic acid groups (broad SMARTS) is 1. The molecule has 1 aliphatic carbocycles. The van der Waals surface area contributed by atoms with E-state index in [1.807, 2.05) is 201 Å². The topological polar surface area (TPSA) is 337 Å². The summed E-state index contributed by atoms with van der Waals surface area (Å²) in [6.07, 6.45) is 34.6. The van der Waals surface area contributed by atoms with Crippen molar-refractivity contribution in [2.75, 3.05) is 13.7 Å². The number of carbonyl (C=O) groups excluding carboxylic acids is 3. The second kappa shape index (κ2) is 58.6. The van der Waals surface area contributed by atoms with E-state index in [0.717, 1.165) is 123 Å². The number of aryl methyl sites for hydroxylation is 6. The van der Waals surface area contributed by atoms with Crippen LogP contribution in [-0.2, 0) is 157 Å². The summed E-state index contributed by atoms with van der Waals surface area (Å²) in [5, 5.41) is 32.8. The van der Waals surface area contributed by atoms with Gasteiger partial charge in [0.25, 0.3) is 0 Å². The van der Waals surface area contributed by atoms with Gasteiger partial charge in [-0.15, -0.1) is 101 Å². The molecule has 12 aromatic heterocycles. The van der Waals surface area contributed by atoms with E-state index in [2.05, 4.69) is 158 Å². The average molecular weight is 2940 g/mol. The maximum absolute atomic E-state index is 14.0. The summed E-state index contributed by atoms with van der Waals surface area (Å²) >= 11 is 10.2. The maximum atomic E-state index is 14.0. The molecule has 39 heteroatoms. The summed E-state index contributed by atoms with van der Waals surface area (Å²) in [5.41, 5.74) is 17.7. The molecule has 3 N–H and O–H groups in total. The number of nitrogens with zero attached hydrogens (tertiary/aromatic N) is 17. The number of carboxylic acids is 1. The third-order valence-corrected chi connectivity index (χ3v) is 23.5. The first kappa shape index (κ1) is 119. The molecular formula is C108H93Br2F2Ir4N17O11RhS2-6. The zero-order chi connectivity index (χ0) is 101. The number of hydrogen-bond acceptors (Lipinski definition) is 22. The van der Waals surface area contributed by atoms with Crippen LogP contribution in [0.15, 0.2) is 314 Å². The second-order valence-electron chi connectivity index (χ2n) is 31.3. The Morgan fingerprint density at radius 3 is 1.75 bits per heavy atom. The van der Waals surface area contributed by atoms with E-state index in [0.29, 0.717) is 34.4 Å². The van der Waals surface area contributed by atoms with Crippen molar-refractivity contribution < 1.29 is 162 Å². The first-order valence-corrected chi connectivity index (χ1v) is 47.2. The number of aliphatic hydroxyl groups is 2. The molecule has 0 spiro atoms. The minimum Gasteiger partial charge on any atom is -0.565 e. The third kappa shape index (κ3) is 31.6. The molecule has 147 heavy (non-hydrogen) atoms. The number of thiazole rings is 1. The number of Topliss-reactive ketones (excluding diaryl/α,β-unsaturated/α-hetero) is 1. The number of thiophene rings is 1. The Morgan fingerprint density at radius 2 is 1.20 bits per heavy atom. The average Bonchev–Trinajstić information content (AvgIpc) is 1.60. The number of allylic oxidation sites excluding steroid dienone is 4. The molecule has 28 nitrogen and oxygen atoms in total. The van der Waals surface area contributed by atoms with Crippen molar-refractivity contribution in [3.63, 3.8) is 0 Å². The standard InChI is InChI=1S/C21H19N4.C18H13N2O2S.C15H12F2N3O2.C15H12N3S.C13H7Br2N2O.C10H9N2.C6H5NO2.2C5H8O2.4Ir.Rh/c1-15-21(24(3)16(2)23-15)25-19(17-10-6-4-7-11-17)14-22-20(25)18-12-8-5-9-13-18;1-12-3-2-4-13(9-12)17-16(15(21)10-22-17)20-7-6-19-18(20)14-5-8-23-11-14;1-9-14(13(8-21-2)22-19-9)20-6-5-18-15(20)11-4-3-10(16)7-12(11)17;1-3-11-4-2-6-13(12(11)5-1)18-8-7-17-15(18)14-9-16-10-19-14;14-10-2-1-3-11(15)12(10)17-6-5-16-13(17)9-4-7-18-8-9;1-12-8-7-11-10(12)9-5-3-2-4-6-9;8-6(9)5-3-1-2-4-7-5;2*1-4(6)3-5(2)7;;;;;/h4-12,14H,1-3H3;2-4,6-9,11H,10H2,1H3;3,5-7H,8H2,1-2H3;2,4,6-8,10H,1,3,5H2;1-7H;2-5,7-8H,1H3;1-4H,(H,8,9);2*3,6H,1-2H3;;;;;/q6*-1;;;;;;;;. The Kier molecular flexibility index (Phi) is 47.5. The molecule has 0 unspecified atom stereocenters. The van der Waals surface area contributed by atoms with Crippen LogP contribution in [0.2, 0.25) is 0 Å². The maximum Gasteiger partial charge on any atom is 0.354 e. The monoisotopic (exact) mass is 2940 g/mol. The quantitative estimate of drug-likeness (QED) is 0.0311. The van der Waals surface area contributed by atoms with E-state index in [1.165, 1.54) is 95.1 Å². The van der Waals surface area contributed by atoms with Crippen molar-refractivity contribution in [3.8, 4) is 102 Å². The summed E-state index contributed by atoms with van der Waals surface area (Å²) in [5.74, 6) is 5.02. The van der Waals surface area contributed by atoms with E-state index in [9.17, 15) is 28.0 Å². The fourth-order valence-corrected chi connectivity index (χ4v) is 17.4. The largest absolute Gasteiger partial charge is 0.565 e. The van der Waals surface area contributed by atoms with Crippen LogP contribution in [0, 0.1) is 76.1 Å². The summed E-state index contributed by atoms with van der Waals surface area (Å²) in [4.78, 5) is 82.1. The van der Waals surface area contributed by atoms with Crippen molar-refractivity contribution in [2.45, 2.75) is 81.3 Å². The van der Waals surface area contributed by atoms with Gasteiger partial charge in [-0.25, -0.2) is 37.4 Å². The molecule has 0 saturated carbocycles. The molecule has 0 fully saturated rings. The van der Waals surface area contributed by atoms with Crippen LogP contribution in [0.4, 0.5) is 8.78 Å². The van der Waals surface area contributed by atoms with Crippen LogP contribution >= 0.6 is 54.5 Å². The minimum atomic E-state index is -0.990. The summed E-state index contributed by atoms with van der Waals surface area (Å²) in [7, 11) is 5.55. The SMILES string of the molecule is Brc1cccc(Br)c1-n1ccnc1-c1[c-]occ1.CC(=O)C=C(C)O.CC(=O)C=C(C)O.COCc1onc(C)c1-n1ccnc1-c1[c-]cc(F)cc1F.Cc1cccc(C2=C(n3ccnc3-c3[c-]csc3)C(=O)CO2)c1.Cc1nc(C)n(C)c1-n1c(-c2ccccc2)cnc1-c1[c-]cccc1.Cn1ccnc1-c1[c-]cccc1.O=C(O)c1ccccn1.[Ir].[Ir].[Ir].[Ir].[Rh].[c-]1ncsc1-c1nccn1-c1cccc2c1CCC2. The number of methoxy groups -OCH3 is 1. The number of fused-ring (bicyclic) bond motifs is 1. The molecule has 0 bridgehead atoms. The van der Waals surface area contributed by atoms with E-state index < -0.39 is 17.6 Å². The summed E-state index contributed by atoms with van der Waals surface area (Å²) in [6, 6.07) is 67.1. The Morgan fingerprint density at radius 1 is 0.592 bits per heavy atom. The van der Waals surface area contributed by atoms with Crippen LogP contribution in [0.5, 0.6) is 0 Å². The van der Waals surface area contributed by atoms with Gasteiger partial charge in [0.15, 0.2) is 29.7 Å². The van der Waals surface area contributed by atoms with E-state index in [4.69, 9.17) is 38.7 Å². The Balaban J connectivity index is 0.000000206. The van der Waals surface area contributed by atoms with Crippen LogP contribution in [0.1, 0.15) is 89.8 Å². The number of hydrogen-bond donors (Lipinski definition) is 3. The number of benzene rings is 7. The molecule has 2 aliphatic rings. The normalized spacial score (nSPS) is 11.3. The van der Waals surface area contributed by atoms with E-state index in [-0.39, 0.29) is 159 Å². The second-order valence-corrected chi connectivity index (χ2v) is 34.6. The van der Waals surface area contributed by atoms with Gasteiger partial charge in [-0.05, 0) is 176 Å². The molecule has 13 heterocycles. The number of ketones is 3. The molecule has 5 radical (unpaired) electrons. The Bertz CT molecular complexity index is 7450. The third-order valence-electron chi connectivity index (χ3n) is 20.9. The number of furan rings is 1. The van der Waals surface area contributed by atoms with Crippen molar-refractivity contribution >= 4 is 89.3 Å². The van der Waals surface area contributed by atoms with Gasteiger partial charge in [0.05, 0.1) is 57.7 Å². The van der Waals surface area contributed by atoms with Gasteiger partial charge in [-0.1, -0.05) is 112 Å². The predicted octanol–water partition coefficient (Wildman–Crippen LogP) is 23.5. The predicted molar refractivity (Wildman–Crippen MR) is 546 cm³/mol. The van der Waals surface area contributed by atoms with Gasteiger partial charge in [-0.3, -0.25) is 48.1 Å². The van der Waals surface area contributed by atoms with Gasteiger partial charge in [0.2, 0.25) is 5.78 Å². The molecule has 0 atom stereocenters. The van der Waals surface area contributed by atoms with Gasteiger partial charge < -0.3 is 75.7 Å². The fraction of sp³-hybridized carbons (Fsp3) is 0.148. The molecule has 19 aromatic rings. The summed E-state index contributed by atoms with van der Waals surface area (Å²) in [6.45, 7) is 13.8. The number of imidazole rings is 7. The number of aromatic carboxylic acids is 1. The van der Waals surface area contributed by atoms with Crippen LogP contribution in [0.25, 0.3) is 113 Å². The molecule has 7 aromatic carbocycles. The number of aliphatic hydroxyl groups excluding tert-OH is 2. The van der Waals surface area contributed by atoms with Gasteiger partial charge >= 0.3 is 5.97 Å². The van der Waals surface area contributed by atoms with Crippen LogP contribution < -0.4 is 0 Å². The van der Waals surface area contributed by atoms with Crippen molar-refractivity contribution in [2.24, 2.45) is 14.1 Å². The fourth-order valence-electron chi connectivity index (χ4n) is 14.9. The Hall–Kier alpha value is -12.9. The van der Waals surface area contributed by atoms with Crippen LogP contribution in [-0.4, -0.2) is 134 Å². The number of aromatic nitrogens is 17. The molecule has 1 aliphatic heterocycles. The first-order valence-electron chi connectivity index (χ1n) is 43.8. The molecule has 767 valence electrons. The smallest absolute Gasteiger partial charge is 0.354 e. The number of carbonyl (C=O) groups is 4. The van der Waals surface area contributed by atoms with Crippen molar-refractivity contribution in [3.05, 3.63) is 405 Å². The zero-order valence-corrected chi connectivity index (χ0v) is 96.4. The minimum absolute atomic E-state index is 0. The number of halogens is 4. The molecule has 0 amide bonds. The van der Waals surface area contributed by atoms with Gasteiger partial charge in [-0.2, -0.15) is 6.07 Å². The van der Waals surface area contributed by atoms with Crippen molar-refractivity contribution in [1.29, 1.82) is 0 Å². The number of rotatable bonds is 18. The van der Waals surface area contributed by atoms with Crippen molar-refractivity contribution in [1.82, 2.24) is 82.0 Å². The van der Waals surface area contributed by atoms with Gasteiger partial charge in [0, 0.05) is 252 Å². The molecular weight excluding hydrogens is 2850 g/mol. The van der Waals surface area contributed by atoms with Crippen LogP contribution in [0.3, 0.4) is 0 Å². The van der Waals surface area contributed by atoms with E-state index in [1.54, 1.807) is 93.6 Å². The number of pyridine rings is 1. The zero-order valence-electron chi connectivity index (χ0n) is 80.4. The Labute approximate surface area is 939 Å². The molecule has 21 rings (SSSR count). The summed E-state index contributed by atoms with van der Waals surface area (Å²) < 4.78 is 63.8. The van der Waals surface area contributed by atoms with E-state index >= 15 is 0 Å². The number of ether oxygens (including phenoxy) is 2. The first-order chi connectivity index (χ1) is 68.7. The number of para-hydroxylation sites is 1. The molecule has 0 saturated heterocycles.